The molecule has 1 atom stereocenters. The molecule has 1 unspecified atom stereocenters. The Hall–Kier alpha value is -2.92. The number of methoxy groups -OCH3 is 2. The largest absolute Gasteiger partial charge is 0.493 e. The van der Waals surface area contributed by atoms with E-state index in [2.05, 4.69) is 0 Å². The fraction of sp³-hybridized carbons (Fsp3) is 0.250. The molecule has 0 radical (unpaired) electrons. The van der Waals surface area contributed by atoms with Crippen LogP contribution in [0.3, 0.4) is 0 Å². The topological polar surface area (TPSA) is 47.9 Å². The van der Waals surface area contributed by atoms with Crippen LogP contribution in [0.2, 0.25) is 0 Å². The summed E-state index contributed by atoms with van der Waals surface area (Å²) >= 11 is 1.60. The minimum absolute atomic E-state index is 0.149. The number of aliphatic imine (C=N–C) groups is 1. The number of fused-ring (bicyclic) bond motifs is 1. The van der Waals surface area contributed by atoms with Gasteiger partial charge in [0.15, 0.2) is 17.3 Å². The number of carbonyl (C=O) groups is 1. The molecule has 0 bridgehead atoms. The number of hydrogen-bond donors (Lipinski definition) is 0. The van der Waals surface area contributed by atoms with E-state index in [9.17, 15) is 4.79 Å². The van der Waals surface area contributed by atoms with Crippen molar-refractivity contribution >= 4 is 22.8 Å². The molecule has 148 valence electrons. The lowest BCUT2D eigenvalue weighted by Gasteiger charge is -2.25. The Kier molecular flexibility index (Phi) is 5.76. The van der Waals surface area contributed by atoms with Gasteiger partial charge in [-0.2, -0.15) is 11.3 Å². The molecule has 2 aromatic carbocycles. The molecule has 3 aromatic rings. The first kappa shape index (κ1) is 19.4. The first-order chi connectivity index (χ1) is 14.2. The SMILES string of the molecule is COc1cc2c(cc1OC)C(C(C(=O)Cc1ccccc1)c1ccsc1)=NCC2. The van der Waals surface area contributed by atoms with E-state index in [1.54, 1.807) is 25.6 Å². The summed E-state index contributed by atoms with van der Waals surface area (Å²) in [6.07, 6.45) is 1.20. The average molecular weight is 406 g/mol. The molecule has 0 amide bonds. The summed E-state index contributed by atoms with van der Waals surface area (Å²) < 4.78 is 11.0. The number of carbonyl (C=O) groups excluding carboxylic acids is 1. The Labute approximate surface area is 174 Å². The fourth-order valence-electron chi connectivity index (χ4n) is 3.83. The smallest absolute Gasteiger partial charge is 0.161 e. The van der Waals surface area contributed by atoms with Gasteiger partial charge in [0, 0.05) is 18.5 Å². The van der Waals surface area contributed by atoms with Crippen molar-refractivity contribution in [3.05, 3.63) is 81.5 Å². The minimum Gasteiger partial charge on any atom is -0.493 e. The molecular weight excluding hydrogens is 382 g/mol. The number of ether oxygens (including phenoxy) is 2. The maximum absolute atomic E-state index is 13.5. The average Bonchev–Trinajstić information content (AvgIpc) is 3.28. The molecule has 4 nitrogen and oxygen atoms in total. The van der Waals surface area contributed by atoms with E-state index >= 15 is 0 Å². The number of hydrogen-bond acceptors (Lipinski definition) is 5. The Morgan fingerprint density at radius 2 is 1.86 bits per heavy atom. The van der Waals surface area contributed by atoms with E-state index < -0.39 is 5.92 Å². The summed E-state index contributed by atoms with van der Waals surface area (Å²) in [7, 11) is 3.26. The molecule has 0 aliphatic carbocycles. The second-order valence-electron chi connectivity index (χ2n) is 7.00. The summed E-state index contributed by atoms with van der Waals surface area (Å²) in [5.74, 6) is 1.12. The van der Waals surface area contributed by atoms with Crippen LogP contribution in [0.1, 0.15) is 28.2 Å². The first-order valence-electron chi connectivity index (χ1n) is 9.59. The van der Waals surface area contributed by atoms with Crippen LogP contribution in [-0.2, 0) is 17.6 Å². The van der Waals surface area contributed by atoms with Gasteiger partial charge in [-0.05, 0) is 52.1 Å². The maximum atomic E-state index is 13.5. The van der Waals surface area contributed by atoms with Gasteiger partial charge >= 0.3 is 0 Å². The molecule has 0 N–H and O–H groups in total. The van der Waals surface area contributed by atoms with Crippen LogP contribution in [0.4, 0.5) is 0 Å². The van der Waals surface area contributed by atoms with Crippen molar-refractivity contribution in [1.82, 2.24) is 0 Å². The standard InChI is InChI=1S/C24H23NO3S/c1-27-21-13-17-8-10-25-24(19(17)14-22(21)28-2)23(18-9-11-29-15-18)20(26)12-16-6-4-3-5-7-16/h3-7,9,11,13-15,23H,8,10,12H2,1-2H3. The Morgan fingerprint density at radius 1 is 1.10 bits per heavy atom. The predicted octanol–water partition coefficient (Wildman–Crippen LogP) is 4.71. The summed E-state index contributed by atoms with van der Waals surface area (Å²) in [6.45, 7) is 0.664. The molecule has 1 aromatic heterocycles. The van der Waals surface area contributed by atoms with Gasteiger partial charge in [-0.25, -0.2) is 0 Å². The van der Waals surface area contributed by atoms with Crippen molar-refractivity contribution in [2.24, 2.45) is 4.99 Å². The van der Waals surface area contributed by atoms with Gasteiger partial charge in [0.25, 0.3) is 0 Å². The highest BCUT2D eigenvalue weighted by Crippen LogP contribution is 2.36. The normalized spacial score (nSPS) is 13.9. The van der Waals surface area contributed by atoms with Crippen molar-refractivity contribution in [3.63, 3.8) is 0 Å². The molecule has 5 heteroatoms. The van der Waals surface area contributed by atoms with E-state index in [0.29, 0.717) is 24.5 Å². The van der Waals surface area contributed by atoms with Crippen molar-refractivity contribution in [1.29, 1.82) is 0 Å². The molecule has 2 heterocycles. The van der Waals surface area contributed by atoms with Crippen LogP contribution in [0.15, 0.2) is 64.3 Å². The number of ketones is 1. The van der Waals surface area contributed by atoms with Gasteiger partial charge in [-0.3, -0.25) is 9.79 Å². The third-order valence-electron chi connectivity index (χ3n) is 5.24. The Balaban J connectivity index is 1.76. The summed E-state index contributed by atoms with van der Waals surface area (Å²) in [6, 6.07) is 15.9. The van der Waals surface area contributed by atoms with Crippen LogP contribution < -0.4 is 9.47 Å². The van der Waals surface area contributed by atoms with E-state index in [0.717, 1.165) is 34.4 Å². The minimum atomic E-state index is -0.390. The molecule has 0 fully saturated rings. The fourth-order valence-corrected chi connectivity index (χ4v) is 4.52. The summed E-state index contributed by atoms with van der Waals surface area (Å²) in [4.78, 5) is 18.3. The zero-order valence-corrected chi connectivity index (χ0v) is 17.4. The molecular formula is C24H23NO3S. The lowest BCUT2D eigenvalue weighted by atomic mass is 9.82. The van der Waals surface area contributed by atoms with Gasteiger partial charge in [-0.15, -0.1) is 0 Å². The monoisotopic (exact) mass is 405 g/mol. The Bertz CT molecular complexity index is 1030. The second-order valence-corrected chi connectivity index (χ2v) is 7.78. The van der Waals surface area contributed by atoms with Crippen molar-refractivity contribution < 1.29 is 14.3 Å². The van der Waals surface area contributed by atoms with E-state index in [1.165, 1.54) is 0 Å². The zero-order valence-electron chi connectivity index (χ0n) is 16.6. The van der Waals surface area contributed by atoms with Crippen molar-refractivity contribution in [2.75, 3.05) is 20.8 Å². The third kappa shape index (κ3) is 3.96. The van der Waals surface area contributed by atoms with E-state index in [4.69, 9.17) is 14.5 Å². The number of rotatable bonds is 7. The molecule has 4 rings (SSSR count). The molecule has 1 aliphatic heterocycles. The van der Waals surface area contributed by atoms with Crippen LogP contribution in [-0.4, -0.2) is 32.3 Å². The molecule has 29 heavy (non-hydrogen) atoms. The van der Waals surface area contributed by atoms with Crippen LogP contribution >= 0.6 is 11.3 Å². The van der Waals surface area contributed by atoms with Crippen molar-refractivity contribution in [3.8, 4) is 11.5 Å². The number of Topliss-reactive ketones (excluding diaryl/α,β-unsaturated/α-hetero) is 1. The molecule has 0 spiro atoms. The highest BCUT2D eigenvalue weighted by Gasteiger charge is 2.31. The van der Waals surface area contributed by atoms with Gasteiger partial charge in [0.2, 0.25) is 0 Å². The van der Waals surface area contributed by atoms with Gasteiger partial charge in [-0.1, -0.05) is 30.3 Å². The molecule has 0 saturated heterocycles. The first-order valence-corrected chi connectivity index (χ1v) is 10.5. The molecule has 0 saturated carbocycles. The molecule has 1 aliphatic rings. The highest BCUT2D eigenvalue weighted by molar-refractivity contribution is 7.08. The van der Waals surface area contributed by atoms with E-state index in [-0.39, 0.29) is 5.78 Å². The van der Waals surface area contributed by atoms with Crippen molar-refractivity contribution in [2.45, 2.75) is 18.8 Å². The predicted molar refractivity (Wildman–Crippen MR) is 117 cm³/mol. The maximum Gasteiger partial charge on any atom is 0.161 e. The summed E-state index contributed by atoms with van der Waals surface area (Å²) in [5, 5.41) is 4.06. The number of nitrogens with zero attached hydrogens (tertiary/aromatic N) is 1. The van der Waals surface area contributed by atoms with Crippen LogP contribution in [0.25, 0.3) is 0 Å². The van der Waals surface area contributed by atoms with Gasteiger partial charge < -0.3 is 9.47 Å². The summed E-state index contributed by atoms with van der Waals surface area (Å²) in [5.41, 5.74) is 4.96. The Morgan fingerprint density at radius 3 is 2.55 bits per heavy atom. The lowest BCUT2D eigenvalue weighted by molar-refractivity contribution is -0.118. The number of benzene rings is 2. The van der Waals surface area contributed by atoms with E-state index in [1.807, 2.05) is 59.3 Å². The lowest BCUT2D eigenvalue weighted by Crippen LogP contribution is -2.27. The van der Waals surface area contributed by atoms with Crippen LogP contribution in [0, 0.1) is 0 Å². The zero-order chi connectivity index (χ0) is 20.2. The third-order valence-corrected chi connectivity index (χ3v) is 5.94. The van der Waals surface area contributed by atoms with Gasteiger partial charge in [0.1, 0.15) is 0 Å². The van der Waals surface area contributed by atoms with Gasteiger partial charge in [0.05, 0.1) is 25.8 Å². The quantitative estimate of drug-likeness (QED) is 0.572. The second kappa shape index (κ2) is 8.62. The highest BCUT2D eigenvalue weighted by atomic mass is 32.1. The van der Waals surface area contributed by atoms with Crippen LogP contribution in [0.5, 0.6) is 11.5 Å². The number of thiophene rings is 1.